The van der Waals surface area contributed by atoms with Crippen molar-refractivity contribution in [2.75, 3.05) is 5.75 Å². The topological polar surface area (TPSA) is 30.7 Å². The molecule has 1 saturated heterocycles. The number of imidazole rings is 1. The molecule has 0 radical (unpaired) electrons. The Morgan fingerprint density at radius 1 is 1.47 bits per heavy atom. The molecular weight excluding hydrogens is 230 g/mol. The van der Waals surface area contributed by atoms with Crippen molar-refractivity contribution in [2.24, 2.45) is 0 Å². The van der Waals surface area contributed by atoms with Gasteiger partial charge in [-0.3, -0.25) is 0 Å². The summed E-state index contributed by atoms with van der Waals surface area (Å²) in [5.74, 6) is 2.50. The Morgan fingerprint density at radius 3 is 3.18 bits per heavy atom. The highest BCUT2D eigenvalue weighted by atomic mass is 32.2. The second kappa shape index (κ2) is 4.69. The molecule has 3 rings (SSSR count). The predicted molar refractivity (Wildman–Crippen MR) is 72.3 cm³/mol. The number of rotatable bonds is 2. The lowest BCUT2D eigenvalue weighted by molar-refractivity contribution is 0.624. The van der Waals surface area contributed by atoms with Crippen molar-refractivity contribution >= 4 is 22.9 Å². The summed E-state index contributed by atoms with van der Waals surface area (Å²) >= 11 is 2.05. The zero-order valence-electron chi connectivity index (χ0n) is 10.1. The minimum Gasteiger partial charge on any atom is -0.312 e. The van der Waals surface area contributed by atoms with E-state index in [-0.39, 0.29) is 0 Å². The van der Waals surface area contributed by atoms with Crippen LogP contribution in [0.3, 0.4) is 0 Å². The van der Waals surface area contributed by atoms with Gasteiger partial charge in [0, 0.05) is 12.7 Å². The molecule has 0 amide bonds. The fraction of sp³-hybridized carbons (Fsp3) is 0.538. The van der Waals surface area contributed by atoms with Crippen LogP contribution in [0.5, 0.6) is 0 Å². The molecule has 17 heavy (non-hydrogen) atoms. The minimum atomic E-state index is 0.567. The molecule has 0 aromatic carbocycles. The van der Waals surface area contributed by atoms with Crippen LogP contribution in [-0.4, -0.2) is 20.3 Å². The number of hydrogen-bond donors (Lipinski definition) is 0. The first-order valence-electron chi connectivity index (χ1n) is 6.33. The number of thioether (sulfide) groups is 1. The van der Waals surface area contributed by atoms with Gasteiger partial charge in [-0.15, -0.1) is 0 Å². The molecule has 90 valence electrons. The first kappa shape index (κ1) is 11.1. The zero-order chi connectivity index (χ0) is 11.7. The van der Waals surface area contributed by atoms with Crippen LogP contribution in [0, 0.1) is 0 Å². The predicted octanol–water partition coefficient (Wildman–Crippen LogP) is 3.41. The second-order valence-electron chi connectivity index (χ2n) is 4.42. The van der Waals surface area contributed by atoms with Gasteiger partial charge in [0.1, 0.15) is 11.3 Å². The molecular formula is C13H17N3S. The van der Waals surface area contributed by atoms with E-state index in [1.54, 1.807) is 0 Å². The lowest BCUT2D eigenvalue weighted by atomic mass is 10.2. The van der Waals surface area contributed by atoms with Gasteiger partial charge in [0.05, 0.1) is 5.25 Å². The molecule has 3 nitrogen and oxygen atoms in total. The molecule has 1 aliphatic rings. The van der Waals surface area contributed by atoms with Crippen LogP contribution in [0.15, 0.2) is 18.3 Å². The number of aromatic nitrogens is 3. The minimum absolute atomic E-state index is 0.567. The van der Waals surface area contributed by atoms with Crippen molar-refractivity contribution in [1.29, 1.82) is 0 Å². The fourth-order valence-corrected chi connectivity index (χ4v) is 3.80. The monoisotopic (exact) mass is 247 g/mol. The lowest BCUT2D eigenvalue weighted by Crippen LogP contribution is -2.10. The van der Waals surface area contributed by atoms with E-state index < -0.39 is 0 Å². The van der Waals surface area contributed by atoms with Gasteiger partial charge in [-0.1, -0.05) is 6.42 Å². The van der Waals surface area contributed by atoms with Gasteiger partial charge in [0.25, 0.3) is 0 Å². The van der Waals surface area contributed by atoms with E-state index in [9.17, 15) is 0 Å². The van der Waals surface area contributed by atoms with Gasteiger partial charge in [-0.25, -0.2) is 9.97 Å². The van der Waals surface area contributed by atoms with E-state index in [2.05, 4.69) is 22.5 Å². The van der Waals surface area contributed by atoms with Gasteiger partial charge in [0.15, 0.2) is 5.65 Å². The average molecular weight is 247 g/mol. The maximum Gasteiger partial charge on any atom is 0.160 e. The molecule has 0 spiro atoms. The van der Waals surface area contributed by atoms with E-state index in [0.717, 1.165) is 17.7 Å². The van der Waals surface area contributed by atoms with Crippen molar-refractivity contribution in [1.82, 2.24) is 14.5 Å². The third-order valence-electron chi connectivity index (χ3n) is 3.32. The van der Waals surface area contributed by atoms with E-state index in [4.69, 9.17) is 4.98 Å². The Bertz CT molecular complexity index is 514. The molecule has 0 bridgehead atoms. The molecule has 0 saturated carbocycles. The van der Waals surface area contributed by atoms with Crippen molar-refractivity contribution < 1.29 is 0 Å². The maximum atomic E-state index is 4.79. The molecule has 3 heterocycles. The van der Waals surface area contributed by atoms with Gasteiger partial charge in [-0.05, 0) is 37.7 Å². The third kappa shape index (κ3) is 1.95. The summed E-state index contributed by atoms with van der Waals surface area (Å²) in [6, 6.07) is 4.03. The maximum absolute atomic E-state index is 4.79. The van der Waals surface area contributed by atoms with Crippen molar-refractivity contribution in [3.05, 3.63) is 24.2 Å². The van der Waals surface area contributed by atoms with Crippen molar-refractivity contribution in [3.8, 4) is 0 Å². The molecule has 2 aromatic heterocycles. The summed E-state index contributed by atoms with van der Waals surface area (Å²) in [5, 5.41) is 0.567. The third-order valence-corrected chi connectivity index (χ3v) is 4.69. The largest absolute Gasteiger partial charge is 0.312 e. The number of hydrogen-bond acceptors (Lipinski definition) is 3. The second-order valence-corrected chi connectivity index (χ2v) is 5.73. The van der Waals surface area contributed by atoms with Gasteiger partial charge < -0.3 is 4.57 Å². The normalized spacial score (nSPS) is 20.9. The SMILES string of the molecule is CCn1c(C2CCCCS2)nc2cccnc21. The lowest BCUT2D eigenvalue weighted by Gasteiger charge is -2.21. The van der Waals surface area contributed by atoms with Crippen LogP contribution in [0.25, 0.3) is 11.2 Å². The van der Waals surface area contributed by atoms with Crippen molar-refractivity contribution in [2.45, 2.75) is 38.0 Å². The van der Waals surface area contributed by atoms with Crippen LogP contribution in [-0.2, 0) is 6.54 Å². The van der Waals surface area contributed by atoms with Crippen LogP contribution in [0.2, 0.25) is 0 Å². The summed E-state index contributed by atoms with van der Waals surface area (Å²) in [7, 11) is 0. The first-order valence-corrected chi connectivity index (χ1v) is 7.37. The number of nitrogens with zero attached hydrogens (tertiary/aromatic N) is 3. The standard InChI is InChI=1S/C13H17N3S/c1-2-16-12-10(6-5-8-14-12)15-13(16)11-7-3-4-9-17-11/h5-6,8,11H,2-4,7,9H2,1H3. The smallest absolute Gasteiger partial charge is 0.160 e. The van der Waals surface area contributed by atoms with Gasteiger partial charge >= 0.3 is 0 Å². The number of pyridine rings is 1. The number of fused-ring (bicyclic) bond motifs is 1. The van der Waals surface area contributed by atoms with Gasteiger partial charge in [0.2, 0.25) is 0 Å². The number of aryl methyl sites for hydroxylation is 1. The summed E-state index contributed by atoms with van der Waals surface area (Å²) in [6.45, 7) is 3.13. The molecule has 0 N–H and O–H groups in total. The summed E-state index contributed by atoms with van der Waals surface area (Å²) in [6.07, 6.45) is 5.80. The van der Waals surface area contributed by atoms with Crippen LogP contribution >= 0.6 is 11.8 Å². The molecule has 0 aliphatic carbocycles. The van der Waals surface area contributed by atoms with Crippen LogP contribution in [0.4, 0.5) is 0 Å². The Morgan fingerprint density at radius 2 is 2.41 bits per heavy atom. The summed E-state index contributed by atoms with van der Waals surface area (Å²) in [5.41, 5.74) is 2.08. The highest BCUT2D eigenvalue weighted by Crippen LogP contribution is 2.38. The molecule has 4 heteroatoms. The zero-order valence-corrected chi connectivity index (χ0v) is 10.9. The highest BCUT2D eigenvalue weighted by Gasteiger charge is 2.22. The Kier molecular flexibility index (Phi) is 3.05. The van der Waals surface area contributed by atoms with Crippen molar-refractivity contribution in [3.63, 3.8) is 0 Å². The molecule has 1 aliphatic heterocycles. The molecule has 2 aromatic rings. The Labute approximate surface area is 106 Å². The van der Waals surface area contributed by atoms with E-state index in [0.29, 0.717) is 5.25 Å². The average Bonchev–Trinajstić information content (AvgIpc) is 2.78. The fourth-order valence-electron chi connectivity index (χ4n) is 2.48. The van der Waals surface area contributed by atoms with Crippen LogP contribution < -0.4 is 0 Å². The quantitative estimate of drug-likeness (QED) is 0.814. The highest BCUT2D eigenvalue weighted by molar-refractivity contribution is 7.99. The molecule has 1 unspecified atom stereocenters. The molecule has 1 fully saturated rings. The van der Waals surface area contributed by atoms with Gasteiger partial charge in [-0.2, -0.15) is 11.8 Å². The summed E-state index contributed by atoms with van der Waals surface area (Å²) < 4.78 is 2.28. The summed E-state index contributed by atoms with van der Waals surface area (Å²) in [4.78, 5) is 9.25. The Balaban J connectivity index is 2.08. The van der Waals surface area contributed by atoms with Crippen LogP contribution in [0.1, 0.15) is 37.3 Å². The molecule has 1 atom stereocenters. The first-order chi connectivity index (χ1) is 8.40. The Hall–Kier alpha value is -1.03. The van der Waals surface area contributed by atoms with E-state index in [1.807, 2.05) is 24.0 Å². The van der Waals surface area contributed by atoms with E-state index >= 15 is 0 Å². The van der Waals surface area contributed by atoms with E-state index in [1.165, 1.54) is 30.8 Å².